The maximum atomic E-state index is 12.6. The average Bonchev–Trinajstić information content (AvgIpc) is 2.77. The third-order valence-electron chi connectivity index (χ3n) is 4.55. The van der Waals surface area contributed by atoms with Gasteiger partial charge >= 0.3 is 6.03 Å². The number of rotatable bonds is 7. The molecule has 1 N–H and O–H groups in total. The van der Waals surface area contributed by atoms with Crippen LogP contribution >= 0.6 is 0 Å². The number of hydrogen-bond donors (Lipinski definition) is 1. The highest BCUT2D eigenvalue weighted by atomic mass is 16.2. The number of ketones is 1. The quantitative estimate of drug-likeness (QED) is 0.617. The molecule has 1 aliphatic rings. The van der Waals surface area contributed by atoms with Crippen molar-refractivity contribution in [1.29, 1.82) is 0 Å². The zero-order valence-corrected chi connectivity index (χ0v) is 14.9. The van der Waals surface area contributed by atoms with Crippen LogP contribution in [0.15, 0.2) is 24.3 Å². The fraction of sp³-hybridized carbons (Fsp3) is 0.526. The summed E-state index contributed by atoms with van der Waals surface area (Å²) in [7, 11) is 0. The smallest absolute Gasteiger partial charge is 0.323 e. The molecule has 0 aliphatic carbocycles. The number of Topliss-reactive ketones (excluding diaryl/α,β-unsaturated/α-hetero) is 1. The van der Waals surface area contributed by atoms with Gasteiger partial charge < -0.3 is 5.32 Å². The molecule has 3 amide bonds. The predicted octanol–water partition coefficient (Wildman–Crippen LogP) is 3.18. The summed E-state index contributed by atoms with van der Waals surface area (Å²) >= 11 is 0. The molecule has 1 atom stereocenters. The van der Waals surface area contributed by atoms with E-state index in [1.165, 1.54) is 0 Å². The van der Waals surface area contributed by atoms with Gasteiger partial charge in [0, 0.05) is 5.56 Å². The Morgan fingerprint density at radius 2 is 1.83 bits per heavy atom. The lowest BCUT2D eigenvalue weighted by atomic mass is 9.92. The standard InChI is InChI=1S/C19H26N2O3/c1-5-14-6-8-15(9-7-14)16(22)12-21-17(23)19(4,20-18(21)24)11-10-13(2)3/h6-9,13H,5,10-12H2,1-4H3,(H,20,24)/t19-/m0/s1. The van der Waals surface area contributed by atoms with Crippen LogP contribution in [-0.4, -0.2) is 34.7 Å². The molecule has 0 unspecified atom stereocenters. The number of aryl methyl sites for hydroxylation is 1. The van der Waals surface area contributed by atoms with E-state index in [-0.39, 0.29) is 18.2 Å². The Bertz CT molecular complexity index is 637. The molecule has 1 heterocycles. The summed E-state index contributed by atoms with van der Waals surface area (Å²) in [5.41, 5.74) is 0.750. The Morgan fingerprint density at radius 3 is 2.38 bits per heavy atom. The minimum atomic E-state index is -0.909. The van der Waals surface area contributed by atoms with Crippen LogP contribution in [0.2, 0.25) is 0 Å². The third-order valence-corrected chi connectivity index (χ3v) is 4.55. The van der Waals surface area contributed by atoms with Gasteiger partial charge in [0.25, 0.3) is 5.91 Å². The van der Waals surface area contributed by atoms with E-state index >= 15 is 0 Å². The van der Waals surface area contributed by atoms with E-state index in [9.17, 15) is 14.4 Å². The summed E-state index contributed by atoms with van der Waals surface area (Å²) in [6, 6.07) is 6.80. The molecule has 130 valence electrons. The molecule has 0 bridgehead atoms. The zero-order chi connectivity index (χ0) is 17.9. The number of amides is 3. The first-order chi connectivity index (χ1) is 11.3. The Balaban J connectivity index is 2.07. The van der Waals surface area contributed by atoms with Crippen molar-refractivity contribution in [3.63, 3.8) is 0 Å². The van der Waals surface area contributed by atoms with E-state index < -0.39 is 11.6 Å². The van der Waals surface area contributed by atoms with Gasteiger partial charge in [-0.1, -0.05) is 45.0 Å². The monoisotopic (exact) mass is 330 g/mol. The number of nitrogens with one attached hydrogen (secondary N) is 1. The van der Waals surface area contributed by atoms with Crippen molar-refractivity contribution in [1.82, 2.24) is 10.2 Å². The maximum absolute atomic E-state index is 12.6. The molecular formula is C19H26N2O3. The van der Waals surface area contributed by atoms with Gasteiger partial charge in [-0.15, -0.1) is 0 Å². The molecule has 2 rings (SSSR count). The van der Waals surface area contributed by atoms with Crippen LogP contribution < -0.4 is 5.32 Å². The molecule has 5 nitrogen and oxygen atoms in total. The lowest BCUT2D eigenvalue weighted by molar-refractivity contribution is -0.130. The molecule has 0 saturated carbocycles. The average molecular weight is 330 g/mol. The number of benzene rings is 1. The van der Waals surface area contributed by atoms with E-state index in [4.69, 9.17) is 0 Å². The minimum Gasteiger partial charge on any atom is -0.323 e. The van der Waals surface area contributed by atoms with Gasteiger partial charge in [0.15, 0.2) is 5.78 Å². The molecule has 1 fully saturated rings. The normalized spacial score (nSPS) is 20.6. The summed E-state index contributed by atoms with van der Waals surface area (Å²) in [6.07, 6.45) is 2.31. The van der Waals surface area contributed by atoms with E-state index in [0.29, 0.717) is 17.9 Å². The summed E-state index contributed by atoms with van der Waals surface area (Å²) in [5, 5.41) is 2.75. The number of nitrogens with zero attached hydrogens (tertiary/aromatic N) is 1. The Morgan fingerprint density at radius 1 is 1.21 bits per heavy atom. The summed E-state index contributed by atoms with van der Waals surface area (Å²) in [6.45, 7) is 7.71. The molecule has 1 saturated heterocycles. The van der Waals surface area contributed by atoms with Crippen molar-refractivity contribution in [2.45, 2.75) is 52.5 Å². The van der Waals surface area contributed by atoms with Gasteiger partial charge in [-0.05, 0) is 37.7 Å². The first-order valence-corrected chi connectivity index (χ1v) is 8.53. The highest BCUT2D eigenvalue weighted by Crippen LogP contribution is 2.25. The highest BCUT2D eigenvalue weighted by molar-refractivity contribution is 6.10. The van der Waals surface area contributed by atoms with Crippen LogP contribution in [0.4, 0.5) is 4.79 Å². The third kappa shape index (κ3) is 3.83. The molecule has 1 aromatic rings. The van der Waals surface area contributed by atoms with Crippen LogP contribution in [0.3, 0.4) is 0 Å². The number of carbonyl (C=O) groups is 3. The second-order valence-electron chi connectivity index (χ2n) is 7.06. The van der Waals surface area contributed by atoms with Crippen molar-refractivity contribution >= 4 is 17.7 Å². The van der Waals surface area contributed by atoms with Gasteiger partial charge in [-0.2, -0.15) is 0 Å². The maximum Gasteiger partial charge on any atom is 0.325 e. The van der Waals surface area contributed by atoms with E-state index in [1.807, 2.05) is 19.1 Å². The van der Waals surface area contributed by atoms with E-state index in [1.54, 1.807) is 19.1 Å². The molecule has 1 aromatic carbocycles. The number of hydrogen-bond acceptors (Lipinski definition) is 3. The van der Waals surface area contributed by atoms with Crippen LogP contribution in [-0.2, 0) is 11.2 Å². The van der Waals surface area contributed by atoms with Crippen molar-refractivity contribution in [3.8, 4) is 0 Å². The van der Waals surface area contributed by atoms with Crippen LogP contribution in [0.1, 0.15) is 56.5 Å². The molecule has 0 aromatic heterocycles. The summed E-state index contributed by atoms with van der Waals surface area (Å²) < 4.78 is 0. The number of urea groups is 1. The molecular weight excluding hydrogens is 304 g/mol. The minimum absolute atomic E-state index is 0.215. The summed E-state index contributed by atoms with van der Waals surface area (Å²) in [5.74, 6) is -0.0970. The molecule has 24 heavy (non-hydrogen) atoms. The van der Waals surface area contributed by atoms with E-state index in [0.717, 1.165) is 23.3 Å². The van der Waals surface area contributed by atoms with Crippen molar-refractivity contribution in [2.75, 3.05) is 6.54 Å². The first-order valence-electron chi connectivity index (χ1n) is 8.53. The summed E-state index contributed by atoms with van der Waals surface area (Å²) in [4.78, 5) is 38.2. The Kier molecular flexibility index (Phi) is 5.42. The largest absolute Gasteiger partial charge is 0.325 e. The topological polar surface area (TPSA) is 66.5 Å². The Hall–Kier alpha value is -2.17. The molecule has 0 spiro atoms. The van der Waals surface area contributed by atoms with Crippen molar-refractivity contribution in [2.24, 2.45) is 5.92 Å². The van der Waals surface area contributed by atoms with Gasteiger partial charge in [-0.25, -0.2) is 4.79 Å². The number of imide groups is 1. The van der Waals surface area contributed by atoms with Gasteiger partial charge in [0.2, 0.25) is 0 Å². The SMILES string of the molecule is CCc1ccc(C(=O)CN2C(=O)N[C@@](C)(CCC(C)C)C2=O)cc1. The van der Waals surface area contributed by atoms with Crippen molar-refractivity contribution < 1.29 is 14.4 Å². The van der Waals surface area contributed by atoms with Gasteiger partial charge in [-0.3, -0.25) is 14.5 Å². The predicted molar refractivity (Wildman–Crippen MR) is 92.9 cm³/mol. The fourth-order valence-corrected chi connectivity index (χ4v) is 2.80. The number of carbonyl (C=O) groups excluding carboxylic acids is 3. The van der Waals surface area contributed by atoms with Crippen LogP contribution in [0, 0.1) is 5.92 Å². The lowest BCUT2D eigenvalue weighted by Crippen LogP contribution is -2.44. The van der Waals surface area contributed by atoms with Crippen LogP contribution in [0.25, 0.3) is 0 Å². The fourth-order valence-electron chi connectivity index (χ4n) is 2.80. The van der Waals surface area contributed by atoms with Crippen molar-refractivity contribution in [3.05, 3.63) is 35.4 Å². The highest BCUT2D eigenvalue weighted by Gasteiger charge is 2.47. The van der Waals surface area contributed by atoms with Crippen LogP contribution in [0.5, 0.6) is 0 Å². The first kappa shape index (κ1) is 18.2. The second kappa shape index (κ2) is 7.16. The molecule has 5 heteroatoms. The molecule has 1 aliphatic heterocycles. The zero-order valence-electron chi connectivity index (χ0n) is 14.9. The Labute approximate surface area is 143 Å². The lowest BCUT2D eigenvalue weighted by Gasteiger charge is -2.22. The second-order valence-corrected chi connectivity index (χ2v) is 7.06. The molecule has 0 radical (unpaired) electrons. The van der Waals surface area contributed by atoms with Gasteiger partial charge in [0.1, 0.15) is 5.54 Å². The van der Waals surface area contributed by atoms with Gasteiger partial charge in [0.05, 0.1) is 6.54 Å². The van der Waals surface area contributed by atoms with E-state index in [2.05, 4.69) is 19.2 Å².